The van der Waals surface area contributed by atoms with Crippen LogP contribution in [0.2, 0.25) is 0 Å². The van der Waals surface area contributed by atoms with Gasteiger partial charge in [-0.25, -0.2) is 0 Å². The van der Waals surface area contributed by atoms with E-state index in [9.17, 15) is 0 Å². The van der Waals surface area contributed by atoms with Crippen LogP contribution in [0.4, 0.5) is 0 Å². The minimum absolute atomic E-state index is 0.655. The maximum absolute atomic E-state index is 3.36. The Hall–Kier alpha value is -2.60. The van der Waals surface area contributed by atoms with E-state index >= 15 is 0 Å². The number of hydrogen-bond donors (Lipinski definition) is 0. The molecule has 0 aromatic heterocycles. The average molecular weight is 343 g/mol. The third-order valence-corrected chi connectivity index (χ3v) is 4.35. The Bertz CT molecular complexity index is 765. The molecular formula is C26H30. The standard InChI is InChI=1S/C23H24.C3H6/c1-18-8-12-22(13-9-18)23-14-10-21(11-15-23)17-19(2)16-20-6-4-3-5-7-20;1-3-2/h3-15,19H,16-17H2,1-2H3;3H,1H2,2H3. The zero-order valence-corrected chi connectivity index (χ0v) is 16.3. The smallest absolute Gasteiger partial charge is 0.0184 e. The summed E-state index contributed by atoms with van der Waals surface area (Å²) in [6, 6.07) is 28.5. The third kappa shape index (κ3) is 6.37. The molecule has 0 amide bonds. The predicted octanol–water partition coefficient (Wildman–Crippen LogP) is 7.28. The molecule has 0 heteroatoms. The summed E-state index contributed by atoms with van der Waals surface area (Å²) >= 11 is 0. The maximum atomic E-state index is 3.36. The second-order valence-electron chi connectivity index (χ2n) is 6.97. The summed E-state index contributed by atoms with van der Waals surface area (Å²) in [5, 5.41) is 0. The van der Waals surface area contributed by atoms with Gasteiger partial charge in [-0.2, -0.15) is 0 Å². The minimum atomic E-state index is 0.655. The van der Waals surface area contributed by atoms with Crippen LogP contribution in [0.5, 0.6) is 0 Å². The lowest BCUT2D eigenvalue weighted by Gasteiger charge is -2.12. The Morgan fingerprint density at radius 1 is 0.731 bits per heavy atom. The van der Waals surface area contributed by atoms with Gasteiger partial charge >= 0.3 is 0 Å². The van der Waals surface area contributed by atoms with Crippen molar-refractivity contribution in [2.24, 2.45) is 5.92 Å². The van der Waals surface area contributed by atoms with E-state index in [1.165, 1.54) is 27.8 Å². The normalized spacial score (nSPS) is 11.2. The largest absolute Gasteiger partial charge is 0.103 e. The van der Waals surface area contributed by atoms with Gasteiger partial charge in [0, 0.05) is 0 Å². The zero-order chi connectivity index (χ0) is 18.8. The lowest BCUT2D eigenvalue weighted by molar-refractivity contribution is 0.577. The van der Waals surface area contributed by atoms with Gasteiger partial charge < -0.3 is 0 Å². The van der Waals surface area contributed by atoms with Crippen LogP contribution in [0.3, 0.4) is 0 Å². The van der Waals surface area contributed by atoms with E-state index in [1.54, 1.807) is 6.08 Å². The van der Waals surface area contributed by atoms with Crippen molar-refractivity contribution in [3.63, 3.8) is 0 Å². The molecule has 0 aliphatic carbocycles. The number of hydrogen-bond acceptors (Lipinski definition) is 0. The van der Waals surface area contributed by atoms with Crippen molar-refractivity contribution in [3.8, 4) is 11.1 Å². The molecule has 3 rings (SSSR count). The highest BCUT2D eigenvalue weighted by Gasteiger charge is 2.06. The lowest BCUT2D eigenvalue weighted by atomic mass is 9.93. The van der Waals surface area contributed by atoms with Crippen molar-refractivity contribution in [2.75, 3.05) is 0 Å². The molecule has 0 saturated heterocycles. The Kier molecular flexibility index (Phi) is 7.89. The van der Waals surface area contributed by atoms with Gasteiger partial charge in [0.05, 0.1) is 0 Å². The first kappa shape index (κ1) is 19.7. The molecule has 0 spiro atoms. The van der Waals surface area contributed by atoms with Crippen LogP contribution < -0.4 is 0 Å². The monoisotopic (exact) mass is 342 g/mol. The maximum Gasteiger partial charge on any atom is -0.0184 e. The molecule has 0 fully saturated rings. The average Bonchev–Trinajstić information content (AvgIpc) is 2.64. The van der Waals surface area contributed by atoms with Crippen molar-refractivity contribution in [1.29, 1.82) is 0 Å². The number of allylic oxidation sites excluding steroid dienone is 1. The number of benzene rings is 3. The van der Waals surface area contributed by atoms with Gasteiger partial charge in [-0.1, -0.05) is 97.4 Å². The summed E-state index contributed by atoms with van der Waals surface area (Å²) in [6.45, 7) is 9.71. The molecule has 0 bridgehead atoms. The molecule has 1 atom stereocenters. The molecule has 3 aromatic carbocycles. The van der Waals surface area contributed by atoms with Crippen LogP contribution in [0.1, 0.15) is 30.5 Å². The van der Waals surface area contributed by atoms with Crippen molar-refractivity contribution < 1.29 is 0 Å². The third-order valence-electron chi connectivity index (χ3n) is 4.35. The van der Waals surface area contributed by atoms with Gasteiger partial charge in [-0.3, -0.25) is 0 Å². The van der Waals surface area contributed by atoms with Gasteiger partial charge in [-0.15, -0.1) is 6.58 Å². The van der Waals surface area contributed by atoms with Crippen LogP contribution in [0, 0.1) is 12.8 Å². The van der Waals surface area contributed by atoms with Crippen molar-refractivity contribution in [1.82, 2.24) is 0 Å². The second-order valence-corrected chi connectivity index (χ2v) is 6.97. The van der Waals surface area contributed by atoms with Crippen molar-refractivity contribution in [2.45, 2.75) is 33.6 Å². The highest BCUT2D eigenvalue weighted by atomic mass is 14.1. The van der Waals surface area contributed by atoms with E-state index in [-0.39, 0.29) is 0 Å². The first-order valence-electron chi connectivity index (χ1n) is 9.39. The van der Waals surface area contributed by atoms with Gasteiger partial charge in [0.25, 0.3) is 0 Å². The summed E-state index contributed by atoms with van der Waals surface area (Å²) in [5.74, 6) is 0.655. The fourth-order valence-corrected chi connectivity index (χ4v) is 3.07. The van der Waals surface area contributed by atoms with Crippen LogP contribution in [-0.2, 0) is 12.8 Å². The first-order chi connectivity index (χ1) is 12.6. The molecule has 0 nitrogen and oxygen atoms in total. The summed E-state index contributed by atoms with van der Waals surface area (Å²) in [5.41, 5.74) is 6.74. The summed E-state index contributed by atoms with van der Waals surface area (Å²) in [7, 11) is 0. The quantitative estimate of drug-likeness (QED) is 0.427. The summed E-state index contributed by atoms with van der Waals surface area (Å²) < 4.78 is 0. The Morgan fingerprint density at radius 3 is 1.65 bits per heavy atom. The Labute approximate surface area is 159 Å². The molecule has 1 unspecified atom stereocenters. The molecule has 3 aromatic rings. The Balaban J connectivity index is 0.000000758. The summed E-state index contributed by atoms with van der Waals surface area (Å²) in [6.07, 6.45) is 4.02. The van der Waals surface area contributed by atoms with E-state index in [2.05, 4.69) is 99.3 Å². The van der Waals surface area contributed by atoms with Crippen LogP contribution in [-0.4, -0.2) is 0 Å². The number of rotatable bonds is 5. The van der Waals surface area contributed by atoms with Crippen LogP contribution in [0.25, 0.3) is 11.1 Å². The molecule has 0 heterocycles. The van der Waals surface area contributed by atoms with Gasteiger partial charge in [-0.05, 0) is 54.9 Å². The van der Waals surface area contributed by atoms with E-state index in [4.69, 9.17) is 0 Å². The molecule has 0 radical (unpaired) electrons. The van der Waals surface area contributed by atoms with E-state index in [0.29, 0.717) is 5.92 Å². The zero-order valence-electron chi connectivity index (χ0n) is 16.3. The molecule has 0 saturated carbocycles. The number of aryl methyl sites for hydroxylation is 1. The van der Waals surface area contributed by atoms with Gasteiger partial charge in [0.2, 0.25) is 0 Å². The molecule has 134 valence electrons. The lowest BCUT2D eigenvalue weighted by Crippen LogP contribution is -2.03. The van der Waals surface area contributed by atoms with Crippen molar-refractivity contribution in [3.05, 3.63) is 108 Å². The van der Waals surface area contributed by atoms with Gasteiger partial charge in [0.1, 0.15) is 0 Å². The second kappa shape index (κ2) is 10.4. The molecular weight excluding hydrogens is 312 g/mol. The van der Waals surface area contributed by atoms with Crippen LogP contribution in [0.15, 0.2) is 91.5 Å². The van der Waals surface area contributed by atoms with Gasteiger partial charge in [0.15, 0.2) is 0 Å². The van der Waals surface area contributed by atoms with E-state index < -0.39 is 0 Å². The summed E-state index contributed by atoms with van der Waals surface area (Å²) in [4.78, 5) is 0. The topological polar surface area (TPSA) is 0 Å². The molecule has 0 aliphatic heterocycles. The van der Waals surface area contributed by atoms with E-state index in [1.807, 2.05) is 6.92 Å². The first-order valence-corrected chi connectivity index (χ1v) is 9.39. The van der Waals surface area contributed by atoms with Crippen molar-refractivity contribution >= 4 is 0 Å². The van der Waals surface area contributed by atoms with Crippen LogP contribution >= 0.6 is 0 Å². The predicted molar refractivity (Wildman–Crippen MR) is 116 cm³/mol. The SMILES string of the molecule is C=CC.Cc1ccc(-c2ccc(CC(C)Cc3ccccc3)cc2)cc1. The highest BCUT2D eigenvalue weighted by Crippen LogP contribution is 2.22. The molecule has 0 N–H and O–H groups in total. The minimum Gasteiger partial charge on any atom is -0.103 e. The fourth-order valence-electron chi connectivity index (χ4n) is 3.07. The fraction of sp³-hybridized carbons (Fsp3) is 0.231. The molecule has 26 heavy (non-hydrogen) atoms. The highest BCUT2D eigenvalue weighted by molar-refractivity contribution is 5.63. The Morgan fingerprint density at radius 2 is 1.15 bits per heavy atom. The molecule has 0 aliphatic rings. The van der Waals surface area contributed by atoms with E-state index in [0.717, 1.165) is 12.8 Å².